The third kappa shape index (κ3) is 4.91. The highest BCUT2D eigenvalue weighted by Gasteiger charge is 2.14. The van der Waals surface area contributed by atoms with Crippen molar-refractivity contribution in [3.8, 4) is 5.75 Å². The van der Waals surface area contributed by atoms with Gasteiger partial charge in [-0.05, 0) is 19.1 Å². The van der Waals surface area contributed by atoms with E-state index in [4.69, 9.17) is 15.6 Å². The predicted molar refractivity (Wildman–Crippen MR) is 69.8 cm³/mol. The van der Waals surface area contributed by atoms with Crippen molar-refractivity contribution in [1.82, 2.24) is 4.72 Å². The molecule has 0 aliphatic heterocycles. The van der Waals surface area contributed by atoms with E-state index in [0.29, 0.717) is 11.4 Å². The molecule has 4 N–H and O–H groups in total. The maximum atomic E-state index is 11.5. The second kappa shape index (κ2) is 6.58. The number of anilines is 1. The molecule has 1 aromatic rings. The summed E-state index contributed by atoms with van der Waals surface area (Å²) >= 11 is 0. The number of ether oxygens (including phenoxy) is 1. The van der Waals surface area contributed by atoms with Crippen LogP contribution in [0.25, 0.3) is 0 Å². The molecule has 0 amide bonds. The number of benzene rings is 1. The fourth-order valence-corrected chi connectivity index (χ4v) is 2.38. The summed E-state index contributed by atoms with van der Waals surface area (Å²) in [5.74, 6) is 0.272. The first-order valence-corrected chi connectivity index (χ1v) is 7.18. The molecule has 0 saturated carbocycles. The zero-order chi connectivity index (χ0) is 13.6. The van der Waals surface area contributed by atoms with Gasteiger partial charge in [-0.1, -0.05) is 12.1 Å². The van der Waals surface area contributed by atoms with Crippen LogP contribution in [0.2, 0.25) is 0 Å². The summed E-state index contributed by atoms with van der Waals surface area (Å²) in [4.78, 5) is 0. The second-order valence-electron chi connectivity index (χ2n) is 3.91. The molecule has 0 fully saturated rings. The second-order valence-corrected chi connectivity index (χ2v) is 5.78. The van der Waals surface area contributed by atoms with Crippen molar-refractivity contribution in [3.05, 3.63) is 24.3 Å². The molecule has 0 saturated heterocycles. The molecule has 7 heteroatoms. The lowest BCUT2D eigenvalue weighted by atomic mass is 10.3. The molecule has 0 heterocycles. The molecule has 1 atom stereocenters. The summed E-state index contributed by atoms with van der Waals surface area (Å²) in [5, 5.41) is 8.76. The molecular formula is C11H18N2O4S. The molecule has 0 aliphatic carbocycles. The van der Waals surface area contributed by atoms with Gasteiger partial charge in [-0.2, -0.15) is 0 Å². The highest BCUT2D eigenvalue weighted by molar-refractivity contribution is 7.89. The van der Waals surface area contributed by atoms with Crippen LogP contribution < -0.4 is 15.2 Å². The van der Waals surface area contributed by atoms with Crippen molar-refractivity contribution >= 4 is 15.7 Å². The SMILES string of the molecule is C[C@H](CO)NS(=O)(=O)CCOc1ccccc1N. The van der Waals surface area contributed by atoms with Crippen molar-refractivity contribution in [1.29, 1.82) is 0 Å². The predicted octanol–water partition coefficient (Wildman–Crippen LogP) is -0.0522. The fraction of sp³-hybridized carbons (Fsp3) is 0.455. The molecule has 6 nitrogen and oxygen atoms in total. The standard InChI is InChI=1S/C11H18N2O4S/c1-9(8-14)13-18(15,16)7-6-17-11-5-3-2-4-10(11)12/h2-5,9,13-14H,6-8,12H2,1H3/t9-/m1/s1. The van der Waals surface area contributed by atoms with E-state index in [1.54, 1.807) is 31.2 Å². The summed E-state index contributed by atoms with van der Waals surface area (Å²) in [6.45, 7) is 1.33. The molecule has 0 aromatic heterocycles. The normalized spacial score (nSPS) is 13.2. The van der Waals surface area contributed by atoms with E-state index < -0.39 is 16.1 Å². The van der Waals surface area contributed by atoms with Gasteiger partial charge in [0.05, 0.1) is 18.0 Å². The molecular weight excluding hydrogens is 256 g/mol. The molecule has 1 rings (SSSR count). The highest BCUT2D eigenvalue weighted by atomic mass is 32.2. The minimum absolute atomic E-state index is 0.00168. The topological polar surface area (TPSA) is 102 Å². The van der Waals surface area contributed by atoms with Gasteiger partial charge in [-0.3, -0.25) is 0 Å². The van der Waals surface area contributed by atoms with Crippen LogP contribution in [-0.2, 0) is 10.0 Å². The van der Waals surface area contributed by atoms with Crippen LogP contribution in [0.15, 0.2) is 24.3 Å². The van der Waals surface area contributed by atoms with Crippen molar-refractivity contribution < 1.29 is 18.3 Å². The van der Waals surface area contributed by atoms with Crippen LogP contribution >= 0.6 is 0 Å². The van der Waals surface area contributed by atoms with Crippen LogP contribution in [0.4, 0.5) is 5.69 Å². The van der Waals surface area contributed by atoms with Crippen LogP contribution in [0, 0.1) is 0 Å². The van der Waals surface area contributed by atoms with Gasteiger partial charge in [0, 0.05) is 6.04 Å². The Bertz CT molecular complexity index is 476. The first-order valence-electron chi connectivity index (χ1n) is 5.53. The van der Waals surface area contributed by atoms with E-state index in [1.807, 2.05) is 0 Å². The van der Waals surface area contributed by atoms with Crippen LogP contribution in [-0.4, -0.2) is 38.5 Å². The Labute approximate surface area is 107 Å². The smallest absolute Gasteiger partial charge is 0.215 e. The van der Waals surface area contributed by atoms with Crippen molar-refractivity contribution in [3.63, 3.8) is 0 Å². The average molecular weight is 274 g/mol. The average Bonchev–Trinajstić information content (AvgIpc) is 2.30. The zero-order valence-electron chi connectivity index (χ0n) is 10.2. The summed E-state index contributed by atoms with van der Waals surface area (Å²) in [7, 11) is -3.45. The van der Waals surface area contributed by atoms with Crippen LogP contribution in [0.3, 0.4) is 0 Å². The van der Waals surface area contributed by atoms with E-state index in [1.165, 1.54) is 0 Å². The van der Waals surface area contributed by atoms with Gasteiger partial charge in [0.1, 0.15) is 12.4 Å². The van der Waals surface area contributed by atoms with Crippen molar-refractivity contribution in [2.75, 3.05) is 24.7 Å². The lowest BCUT2D eigenvalue weighted by Crippen LogP contribution is -2.37. The Morgan fingerprint density at radius 3 is 2.72 bits per heavy atom. The Kier molecular flexibility index (Phi) is 5.39. The third-order valence-electron chi connectivity index (χ3n) is 2.18. The Morgan fingerprint density at radius 1 is 1.44 bits per heavy atom. The van der Waals surface area contributed by atoms with E-state index in [9.17, 15) is 8.42 Å². The Balaban J connectivity index is 2.44. The number of hydrogen-bond donors (Lipinski definition) is 3. The van der Waals surface area contributed by atoms with Gasteiger partial charge >= 0.3 is 0 Å². The van der Waals surface area contributed by atoms with Crippen molar-refractivity contribution in [2.24, 2.45) is 0 Å². The van der Waals surface area contributed by atoms with Gasteiger partial charge < -0.3 is 15.6 Å². The largest absolute Gasteiger partial charge is 0.490 e. The van der Waals surface area contributed by atoms with Crippen LogP contribution in [0.1, 0.15) is 6.92 Å². The first-order chi connectivity index (χ1) is 8.44. The van der Waals surface area contributed by atoms with Gasteiger partial charge in [0.15, 0.2) is 0 Å². The molecule has 0 aliphatic rings. The number of nitrogens with one attached hydrogen (secondary N) is 1. The van der Waals surface area contributed by atoms with Crippen molar-refractivity contribution in [2.45, 2.75) is 13.0 Å². The molecule has 1 aromatic carbocycles. The zero-order valence-corrected chi connectivity index (χ0v) is 11.0. The summed E-state index contributed by atoms with van der Waals surface area (Å²) < 4.78 is 30.7. The van der Waals surface area contributed by atoms with E-state index in [2.05, 4.69) is 4.72 Å². The number of hydrogen-bond acceptors (Lipinski definition) is 5. The summed E-state index contributed by atoms with van der Waals surface area (Å²) in [6.07, 6.45) is 0. The first kappa shape index (κ1) is 14.7. The van der Waals surface area contributed by atoms with Gasteiger partial charge in [0.2, 0.25) is 10.0 Å². The Hall–Kier alpha value is -1.31. The van der Waals surface area contributed by atoms with Crippen LogP contribution in [0.5, 0.6) is 5.75 Å². The third-order valence-corrected chi connectivity index (χ3v) is 3.65. The number of nitrogen functional groups attached to an aromatic ring is 1. The number of nitrogens with two attached hydrogens (primary N) is 1. The fourth-order valence-electron chi connectivity index (χ4n) is 1.28. The lowest BCUT2D eigenvalue weighted by molar-refractivity contribution is 0.264. The van der Waals surface area contributed by atoms with Gasteiger partial charge in [0.25, 0.3) is 0 Å². The molecule has 0 unspecified atom stereocenters. The molecule has 0 spiro atoms. The summed E-state index contributed by atoms with van der Waals surface area (Å²) in [5.41, 5.74) is 6.11. The quantitative estimate of drug-likeness (QED) is 0.605. The lowest BCUT2D eigenvalue weighted by Gasteiger charge is -2.12. The number of sulfonamides is 1. The maximum absolute atomic E-state index is 11.5. The minimum atomic E-state index is -3.45. The van der Waals surface area contributed by atoms with Gasteiger partial charge in [-0.15, -0.1) is 0 Å². The number of aliphatic hydroxyl groups excluding tert-OH is 1. The van der Waals surface area contributed by atoms with E-state index in [0.717, 1.165) is 0 Å². The van der Waals surface area contributed by atoms with E-state index >= 15 is 0 Å². The number of aliphatic hydroxyl groups is 1. The minimum Gasteiger partial charge on any atom is -0.490 e. The Morgan fingerprint density at radius 2 is 2.11 bits per heavy atom. The number of para-hydroxylation sites is 2. The highest BCUT2D eigenvalue weighted by Crippen LogP contribution is 2.19. The maximum Gasteiger partial charge on any atom is 0.215 e. The molecule has 0 bridgehead atoms. The van der Waals surface area contributed by atoms with E-state index in [-0.39, 0.29) is 19.0 Å². The number of rotatable bonds is 7. The monoisotopic (exact) mass is 274 g/mol. The van der Waals surface area contributed by atoms with Gasteiger partial charge in [-0.25, -0.2) is 13.1 Å². The summed E-state index contributed by atoms with van der Waals surface area (Å²) in [6, 6.07) is 6.37. The molecule has 0 radical (unpaired) electrons. The molecule has 18 heavy (non-hydrogen) atoms. The molecule has 102 valence electrons.